The fourth-order valence-corrected chi connectivity index (χ4v) is 5.79. The lowest BCUT2D eigenvalue weighted by molar-refractivity contribution is 0.347. The molecule has 3 heterocycles. The van der Waals surface area contributed by atoms with Crippen molar-refractivity contribution in [2.45, 2.75) is 35.1 Å². The van der Waals surface area contributed by atoms with Crippen molar-refractivity contribution in [1.29, 1.82) is 0 Å². The Kier molecular flexibility index (Phi) is 5.56. The first-order chi connectivity index (χ1) is 13.6. The standard InChI is InChI=1S/C19H22N4O3S2/c1-26-16-9-7-15(8-10-16)14-27-19-21-20-18-17(6-5-13-23(18)19)28(24,25)22-11-3-2-4-12-22/h5-10,13H,2-4,11-12,14H2,1H3. The molecule has 7 nitrogen and oxygen atoms in total. The number of nitrogens with zero attached hydrogens (tertiary/aromatic N) is 4. The van der Waals surface area contributed by atoms with Gasteiger partial charge in [0.25, 0.3) is 0 Å². The molecule has 0 aliphatic carbocycles. The van der Waals surface area contributed by atoms with E-state index in [1.165, 1.54) is 11.8 Å². The number of pyridine rings is 1. The Morgan fingerprint density at radius 2 is 1.82 bits per heavy atom. The van der Waals surface area contributed by atoms with Crippen LogP contribution >= 0.6 is 11.8 Å². The second-order valence-corrected chi connectivity index (χ2v) is 9.50. The Balaban J connectivity index is 1.59. The number of fused-ring (bicyclic) bond motifs is 1. The van der Waals surface area contributed by atoms with Crippen molar-refractivity contribution in [2.24, 2.45) is 0 Å². The molecule has 0 N–H and O–H groups in total. The molecule has 0 radical (unpaired) electrons. The molecule has 3 aromatic rings. The highest BCUT2D eigenvalue weighted by atomic mass is 32.2. The zero-order valence-electron chi connectivity index (χ0n) is 15.6. The SMILES string of the molecule is COc1ccc(CSc2nnc3c(S(=O)(=O)N4CCCCC4)cccn23)cc1. The van der Waals surface area contributed by atoms with Gasteiger partial charge in [-0.3, -0.25) is 4.40 Å². The van der Waals surface area contributed by atoms with Crippen LogP contribution in [0.15, 0.2) is 52.6 Å². The Bertz CT molecular complexity index is 1060. The molecular formula is C19H22N4O3S2. The zero-order valence-corrected chi connectivity index (χ0v) is 17.2. The average Bonchev–Trinajstić information content (AvgIpc) is 3.16. The molecule has 1 aliphatic rings. The minimum atomic E-state index is -3.56. The number of benzene rings is 1. The molecular weight excluding hydrogens is 396 g/mol. The number of ether oxygens (including phenoxy) is 1. The summed E-state index contributed by atoms with van der Waals surface area (Å²) < 4.78 is 34.6. The third kappa shape index (κ3) is 3.74. The molecule has 0 spiro atoms. The topological polar surface area (TPSA) is 76.8 Å². The predicted molar refractivity (Wildman–Crippen MR) is 108 cm³/mol. The highest BCUT2D eigenvalue weighted by Crippen LogP contribution is 2.27. The van der Waals surface area contributed by atoms with E-state index in [1.807, 2.05) is 24.3 Å². The molecule has 9 heteroatoms. The zero-order chi connectivity index (χ0) is 19.6. The summed E-state index contributed by atoms with van der Waals surface area (Å²) in [6.07, 6.45) is 4.68. The van der Waals surface area contributed by atoms with Crippen molar-refractivity contribution in [1.82, 2.24) is 18.9 Å². The molecule has 0 amide bonds. The summed E-state index contributed by atoms with van der Waals surface area (Å²) in [6.45, 7) is 1.13. The van der Waals surface area contributed by atoms with Crippen LogP contribution in [-0.2, 0) is 15.8 Å². The van der Waals surface area contributed by atoms with Crippen LogP contribution < -0.4 is 4.74 Å². The first-order valence-electron chi connectivity index (χ1n) is 9.19. The third-order valence-electron chi connectivity index (χ3n) is 4.83. The first-order valence-corrected chi connectivity index (χ1v) is 11.6. The average molecular weight is 419 g/mol. The van der Waals surface area contributed by atoms with Crippen molar-refractivity contribution in [2.75, 3.05) is 20.2 Å². The van der Waals surface area contributed by atoms with Crippen molar-refractivity contribution in [3.05, 3.63) is 48.2 Å². The molecule has 0 saturated carbocycles. The normalized spacial score (nSPS) is 15.8. The van der Waals surface area contributed by atoms with E-state index in [9.17, 15) is 8.42 Å². The highest BCUT2D eigenvalue weighted by Gasteiger charge is 2.29. The van der Waals surface area contributed by atoms with Gasteiger partial charge in [0, 0.05) is 25.0 Å². The number of methoxy groups -OCH3 is 1. The van der Waals surface area contributed by atoms with Crippen LogP contribution in [0.3, 0.4) is 0 Å². The predicted octanol–water partition coefficient (Wildman–Crippen LogP) is 3.20. The van der Waals surface area contributed by atoms with Gasteiger partial charge in [0.2, 0.25) is 10.0 Å². The first kappa shape index (κ1) is 19.2. The minimum absolute atomic E-state index is 0.223. The maximum absolute atomic E-state index is 13.1. The van der Waals surface area contributed by atoms with Crippen LogP contribution in [0.25, 0.3) is 5.65 Å². The second kappa shape index (κ2) is 8.10. The van der Waals surface area contributed by atoms with E-state index >= 15 is 0 Å². The van der Waals surface area contributed by atoms with E-state index in [-0.39, 0.29) is 4.90 Å². The number of hydrogen-bond acceptors (Lipinski definition) is 6. The van der Waals surface area contributed by atoms with Gasteiger partial charge in [-0.25, -0.2) is 8.42 Å². The van der Waals surface area contributed by atoms with Gasteiger partial charge in [-0.15, -0.1) is 10.2 Å². The van der Waals surface area contributed by atoms with Gasteiger partial charge in [-0.1, -0.05) is 30.3 Å². The monoisotopic (exact) mass is 418 g/mol. The number of thioether (sulfide) groups is 1. The lowest BCUT2D eigenvalue weighted by Crippen LogP contribution is -2.35. The summed E-state index contributed by atoms with van der Waals surface area (Å²) in [4.78, 5) is 0.223. The summed E-state index contributed by atoms with van der Waals surface area (Å²) in [5.74, 6) is 1.52. The smallest absolute Gasteiger partial charge is 0.246 e. The second-order valence-electron chi connectivity index (χ2n) is 6.65. The van der Waals surface area contributed by atoms with Gasteiger partial charge < -0.3 is 4.74 Å². The molecule has 2 aromatic heterocycles. The fraction of sp³-hybridized carbons (Fsp3) is 0.368. The number of hydrogen-bond donors (Lipinski definition) is 0. The number of piperidine rings is 1. The van der Waals surface area contributed by atoms with E-state index in [1.54, 1.807) is 34.1 Å². The van der Waals surface area contributed by atoms with Gasteiger partial charge in [0.15, 0.2) is 10.8 Å². The summed E-state index contributed by atoms with van der Waals surface area (Å²) in [5.41, 5.74) is 1.50. The van der Waals surface area contributed by atoms with E-state index in [0.717, 1.165) is 30.6 Å². The Morgan fingerprint density at radius 1 is 1.07 bits per heavy atom. The van der Waals surface area contributed by atoms with Crippen molar-refractivity contribution < 1.29 is 13.2 Å². The van der Waals surface area contributed by atoms with Crippen molar-refractivity contribution in [3.8, 4) is 5.75 Å². The molecule has 0 bridgehead atoms. The lowest BCUT2D eigenvalue weighted by Gasteiger charge is -2.25. The summed E-state index contributed by atoms with van der Waals surface area (Å²) in [5, 5.41) is 9.09. The summed E-state index contributed by atoms with van der Waals surface area (Å²) >= 11 is 1.52. The Hall–Kier alpha value is -2.10. The Labute approximate surface area is 168 Å². The van der Waals surface area contributed by atoms with Gasteiger partial charge in [0.1, 0.15) is 10.6 Å². The largest absolute Gasteiger partial charge is 0.497 e. The van der Waals surface area contributed by atoms with Gasteiger partial charge in [-0.2, -0.15) is 4.31 Å². The fourth-order valence-electron chi connectivity index (χ4n) is 3.28. The maximum atomic E-state index is 13.1. The van der Waals surface area contributed by atoms with E-state index < -0.39 is 10.0 Å². The number of aromatic nitrogens is 3. The summed E-state index contributed by atoms with van der Waals surface area (Å²) in [7, 11) is -1.92. The van der Waals surface area contributed by atoms with Gasteiger partial charge >= 0.3 is 0 Å². The van der Waals surface area contributed by atoms with E-state index in [2.05, 4.69) is 10.2 Å². The number of sulfonamides is 1. The van der Waals surface area contributed by atoms with Gasteiger partial charge in [0.05, 0.1) is 7.11 Å². The molecule has 1 aliphatic heterocycles. The van der Waals surface area contributed by atoms with Crippen molar-refractivity contribution >= 4 is 27.4 Å². The molecule has 1 saturated heterocycles. The molecule has 1 aromatic carbocycles. The highest BCUT2D eigenvalue weighted by molar-refractivity contribution is 7.98. The maximum Gasteiger partial charge on any atom is 0.246 e. The molecule has 28 heavy (non-hydrogen) atoms. The lowest BCUT2D eigenvalue weighted by atomic mass is 10.2. The summed E-state index contributed by atoms with van der Waals surface area (Å²) in [6, 6.07) is 11.2. The molecule has 0 atom stereocenters. The molecule has 0 unspecified atom stereocenters. The van der Waals surface area contributed by atoms with Crippen LogP contribution in [0.5, 0.6) is 5.75 Å². The van der Waals surface area contributed by atoms with Crippen LogP contribution in [-0.4, -0.2) is 47.5 Å². The molecule has 148 valence electrons. The van der Waals surface area contributed by atoms with Gasteiger partial charge in [-0.05, 0) is 42.7 Å². The van der Waals surface area contributed by atoms with Crippen LogP contribution in [0.4, 0.5) is 0 Å². The van der Waals surface area contributed by atoms with E-state index in [0.29, 0.717) is 29.6 Å². The van der Waals surface area contributed by atoms with E-state index in [4.69, 9.17) is 4.74 Å². The number of rotatable bonds is 6. The van der Waals surface area contributed by atoms with Crippen LogP contribution in [0, 0.1) is 0 Å². The van der Waals surface area contributed by atoms with Crippen LogP contribution in [0.2, 0.25) is 0 Å². The Morgan fingerprint density at radius 3 is 2.54 bits per heavy atom. The quantitative estimate of drug-likeness (QED) is 0.572. The van der Waals surface area contributed by atoms with Crippen molar-refractivity contribution in [3.63, 3.8) is 0 Å². The minimum Gasteiger partial charge on any atom is -0.497 e. The van der Waals surface area contributed by atoms with Crippen LogP contribution in [0.1, 0.15) is 24.8 Å². The molecule has 4 rings (SSSR count). The molecule has 1 fully saturated rings. The third-order valence-corrected chi connectivity index (χ3v) is 7.76.